The number of thioether (sulfide) groups is 1. The Morgan fingerprint density at radius 2 is 2.00 bits per heavy atom. The molecule has 1 aliphatic rings. The van der Waals surface area contributed by atoms with Crippen molar-refractivity contribution in [3.8, 4) is 5.75 Å². The van der Waals surface area contributed by atoms with Crippen molar-refractivity contribution in [1.29, 1.82) is 0 Å². The van der Waals surface area contributed by atoms with Gasteiger partial charge in [-0.05, 0) is 67.0 Å². The number of likely N-dealkylation sites (tertiary alicyclic amines) is 1. The van der Waals surface area contributed by atoms with Gasteiger partial charge in [0.25, 0.3) is 0 Å². The number of carbonyl (C=O) groups is 1. The van der Waals surface area contributed by atoms with E-state index in [0.717, 1.165) is 30.8 Å². The summed E-state index contributed by atoms with van der Waals surface area (Å²) < 4.78 is 12.1. The topological polar surface area (TPSA) is 62.9 Å². The molecule has 1 N–H and O–H groups in total. The Bertz CT molecular complexity index is 1040. The summed E-state index contributed by atoms with van der Waals surface area (Å²) in [5.41, 5.74) is 1.72. The van der Waals surface area contributed by atoms with E-state index in [1.54, 1.807) is 24.8 Å². The van der Waals surface area contributed by atoms with E-state index in [9.17, 15) is 9.90 Å². The summed E-state index contributed by atoms with van der Waals surface area (Å²) >= 11 is 5.04. The third-order valence-corrected chi connectivity index (χ3v) is 6.87. The quantitative estimate of drug-likeness (QED) is 0.326. The number of furan rings is 1. The number of aromatic hydroxyl groups is 1. The number of halogens is 1. The van der Waals surface area contributed by atoms with Crippen LogP contribution in [0, 0.1) is 0 Å². The SMILES string of the molecule is CCOC(=O)c1c(CSc2ccccc2)oc2cc(Br)c(O)c(CN3CCCC3)c12. The van der Waals surface area contributed by atoms with E-state index in [4.69, 9.17) is 9.15 Å². The second kappa shape index (κ2) is 9.45. The largest absolute Gasteiger partial charge is 0.506 e. The molecule has 1 saturated heterocycles. The minimum atomic E-state index is -0.413. The molecule has 0 spiro atoms. The molecule has 7 heteroatoms. The smallest absolute Gasteiger partial charge is 0.342 e. The van der Waals surface area contributed by atoms with Gasteiger partial charge in [0.15, 0.2) is 0 Å². The highest BCUT2D eigenvalue weighted by Gasteiger charge is 2.28. The number of fused-ring (bicyclic) bond motifs is 1. The van der Waals surface area contributed by atoms with Crippen LogP contribution in [0.15, 0.2) is 50.2 Å². The van der Waals surface area contributed by atoms with Crippen molar-refractivity contribution in [1.82, 2.24) is 4.90 Å². The molecular formula is C23H24BrNO4S. The standard InChI is InChI=1S/C23H24BrNO4S/c1-2-28-23(27)21-19(14-30-15-8-4-3-5-9-15)29-18-12-17(24)22(26)16(20(18)21)13-25-10-6-7-11-25/h3-5,8-9,12,26H,2,6-7,10-11,13-14H2,1H3. The molecule has 0 atom stereocenters. The van der Waals surface area contributed by atoms with Gasteiger partial charge in [-0.15, -0.1) is 11.8 Å². The summed E-state index contributed by atoms with van der Waals surface area (Å²) in [4.78, 5) is 16.3. The fourth-order valence-electron chi connectivity index (χ4n) is 3.85. The predicted molar refractivity (Wildman–Crippen MR) is 122 cm³/mol. The van der Waals surface area contributed by atoms with E-state index in [1.165, 1.54) is 0 Å². The summed E-state index contributed by atoms with van der Waals surface area (Å²) in [5.74, 6) is 0.804. The van der Waals surface area contributed by atoms with Crippen LogP contribution in [0.1, 0.15) is 41.4 Å². The van der Waals surface area contributed by atoms with E-state index in [0.29, 0.717) is 44.6 Å². The van der Waals surface area contributed by atoms with Gasteiger partial charge < -0.3 is 14.3 Å². The highest BCUT2D eigenvalue weighted by atomic mass is 79.9. The van der Waals surface area contributed by atoms with E-state index >= 15 is 0 Å². The summed E-state index contributed by atoms with van der Waals surface area (Å²) in [6.07, 6.45) is 2.29. The summed E-state index contributed by atoms with van der Waals surface area (Å²) in [7, 11) is 0. The summed E-state index contributed by atoms with van der Waals surface area (Å²) in [6, 6.07) is 11.7. The number of phenolic OH excluding ortho intramolecular Hbond substituents is 1. The first-order valence-corrected chi connectivity index (χ1v) is 11.9. The third-order valence-electron chi connectivity index (χ3n) is 5.25. The number of ether oxygens (including phenoxy) is 1. The first-order valence-electron chi connectivity index (χ1n) is 10.1. The number of carbonyl (C=O) groups excluding carboxylic acids is 1. The van der Waals surface area contributed by atoms with Gasteiger partial charge in [0.1, 0.15) is 22.7 Å². The van der Waals surface area contributed by atoms with Crippen LogP contribution in [0.5, 0.6) is 5.75 Å². The molecule has 0 radical (unpaired) electrons. The van der Waals surface area contributed by atoms with Crippen molar-refractivity contribution in [2.24, 2.45) is 0 Å². The van der Waals surface area contributed by atoms with Crippen LogP contribution in [0.2, 0.25) is 0 Å². The molecular weight excluding hydrogens is 466 g/mol. The number of nitrogens with zero attached hydrogens (tertiary/aromatic N) is 1. The molecule has 1 aliphatic heterocycles. The van der Waals surface area contributed by atoms with Gasteiger partial charge in [0, 0.05) is 22.4 Å². The highest BCUT2D eigenvalue weighted by molar-refractivity contribution is 9.10. The molecule has 1 aromatic heterocycles. The lowest BCUT2D eigenvalue weighted by molar-refractivity contribution is 0.0526. The van der Waals surface area contributed by atoms with E-state index in [-0.39, 0.29) is 12.4 Å². The maximum Gasteiger partial charge on any atom is 0.342 e. The van der Waals surface area contributed by atoms with Crippen molar-refractivity contribution in [2.75, 3.05) is 19.7 Å². The molecule has 4 rings (SSSR count). The summed E-state index contributed by atoms with van der Waals surface area (Å²) in [5, 5.41) is 11.5. The number of esters is 1. The predicted octanol–water partition coefficient (Wildman–Crippen LogP) is 5.97. The minimum absolute atomic E-state index is 0.156. The van der Waals surface area contributed by atoms with Crippen LogP contribution >= 0.6 is 27.7 Å². The first-order chi connectivity index (χ1) is 14.6. The average Bonchev–Trinajstić information content (AvgIpc) is 3.38. The minimum Gasteiger partial charge on any atom is -0.506 e. The van der Waals surface area contributed by atoms with E-state index in [2.05, 4.69) is 20.8 Å². The fourth-order valence-corrected chi connectivity index (χ4v) is 5.15. The molecule has 5 nitrogen and oxygen atoms in total. The van der Waals surface area contributed by atoms with Crippen LogP contribution in [0.25, 0.3) is 11.0 Å². The Balaban J connectivity index is 1.80. The van der Waals surface area contributed by atoms with Crippen LogP contribution in [0.4, 0.5) is 0 Å². The van der Waals surface area contributed by atoms with Crippen molar-refractivity contribution in [3.63, 3.8) is 0 Å². The zero-order valence-corrected chi connectivity index (χ0v) is 19.2. The van der Waals surface area contributed by atoms with Crippen LogP contribution in [-0.2, 0) is 17.0 Å². The number of benzene rings is 2. The van der Waals surface area contributed by atoms with Gasteiger partial charge in [0.2, 0.25) is 0 Å². The maximum atomic E-state index is 12.9. The first kappa shape index (κ1) is 21.3. The fraction of sp³-hybridized carbons (Fsp3) is 0.348. The van der Waals surface area contributed by atoms with Gasteiger partial charge in [-0.2, -0.15) is 0 Å². The zero-order valence-electron chi connectivity index (χ0n) is 16.8. The highest BCUT2D eigenvalue weighted by Crippen LogP contribution is 2.41. The van der Waals surface area contributed by atoms with Gasteiger partial charge in [-0.1, -0.05) is 18.2 Å². The molecule has 0 saturated carbocycles. The molecule has 2 heterocycles. The molecule has 2 aromatic carbocycles. The van der Waals surface area contributed by atoms with Gasteiger partial charge in [0.05, 0.1) is 16.8 Å². The molecule has 3 aromatic rings. The number of rotatable bonds is 7. The zero-order chi connectivity index (χ0) is 21.1. The molecule has 30 heavy (non-hydrogen) atoms. The van der Waals surface area contributed by atoms with Crippen molar-refractivity contribution in [2.45, 2.75) is 37.0 Å². The van der Waals surface area contributed by atoms with Crippen LogP contribution in [-0.4, -0.2) is 35.7 Å². The van der Waals surface area contributed by atoms with E-state index < -0.39 is 5.97 Å². The van der Waals surface area contributed by atoms with E-state index in [1.807, 2.05) is 30.3 Å². The Morgan fingerprint density at radius 1 is 1.27 bits per heavy atom. The average molecular weight is 490 g/mol. The Hall–Kier alpha value is -1.96. The Kier molecular flexibility index (Phi) is 6.71. The van der Waals surface area contributed by atoms with Gasteiger partial charge in [-0.25, -0.2) is 4.79 Å². The lowest BCUT2D eigenvalue weighted by atomic mass is 10.0. The lowest BCUT2D eigenvalue weighted by Crippen LogP contribution is -2.19. The Labute approximate surface area is 188 Å². The van der Waals surface area contributed by atoms with Crippen molar-refractivity contribution < 1.29 is 19.1 Å². The molecule has 1 fully saturated rings. The van der Waals surface area contributed by atoms with Crippen LogP contribution < -0.4 is 0 Å². The number of phenols is 1. The molecule has 0 amide bonds. The normalized spacial score (nSPS) is 14.5. The molecule has 0 unspecified atom stereocenters. The monoisotopic (exact) mass is 489 g/mol. The Morgan fingerprint density at radius 3 is 2.70 bits per heavy atom. The van der Waals surface area contributed by atoms with Gasteiger partial charge >= 0.3 is 5.97 Å². The second-order valence-electron chi connectivity index (χ2n) is 7.26. The maximum absolute atomic E-state index is 12.9. The number of hydrogen-bond donors (Lipinski definition) is 1. The summed E-state index contributed by atoms with van der Waals surface area (Å²) in [6.45, 7) is 4.60. The molecule has 0 bridgehead atoms. The lowest BCUT2D eigenvalue weighted by Gasteiger charge is -2.17. The molecule has 0 aliphatic carbocycles. The van der Waals surface area contributed by atoms with Crippen molar-refractivity contribution >= 4 is 44.6 Å². The van der Waals surface area contributed by atoms with Gasteiger partial charge in [-0.3, -0.25) is 4.90 Å². The number of hydrogen-bond acceptors (Lipinski definition) is 6. The molecule has 158 valence electrons. The van der Waals surface area contributed by atoms with Crippen LogP contribution in [0.3, 0.4) is 0 Å². The second-order valence-corrected chi connectivity index (χ2v) is 9.17. The third kappa shape index (κ3) is 4.38. The van der Waals surface area contributed by atoms with Crippen molar-refractivity contribution in [3.05, 3.63) is 57.8 Å².